The number of methoxy groups -OCH3 is 1. The highest BCUT2D eigenvalue weighted by atomic mass is 32.2. The zero-order valence-corrected chi connectivity index (χ0v) is 11.4. The zero-order chi connectivity index (χ0) is 13.9. The number of nitrogens with one attached hydrogen (secondary N) is 1. The minimum Gasteiger partial charge on any atom is -0.497 e. The van der Waals surface area contributed by atoms with Crippen molar-refractivity contribution in [2.75, 3.05) is 20.2 Å². The predicted molar refractivity (Wildman–Crippen MR) is 70.2 cm³/mol. The van der Waals surface area contributed by atoms with Gasteiger partial charge in [0.25, 0.3) is 5.91 Å². The van der Waals surface area contributed by atoms with Gasteiger partial charge in [0, 0.05) is 18.7 Å². The van der Waals surface area contributed by atoms with E-state index in [0.717, 1.165) is 12.8 Å². The highest BCUT2D eigenvalue weighted by molar-refractivity contribution is 7.87. The molecule has 19 heavy (non-hydrogen) atoms. The third-order valence-corrected chi connectivity index (χ3v) is 4.45. The Morgan fingerprint density at radius 2 is 2.00 bits per heavy atom. The first-order valence-electron chi connectivity index (χ1n) is 5.99. The molecule has 1 aliphatic rings. The van der Waals surface area contributed by atoms with E-state index >= 15 is 0 Å². The van der Waals surface area contributed by atoms with E-state index in [1.54, 1.807) is 12.1 Å². The van der Waals surface area contributed by atoms with Crippen LogP contribution in [-0.4, -0.2) is 38.8 Å². The largest absolute Gasteiger partial charge is 0.497 e. The van der Waals surface area contributed by atoms with Crippen LogP contribution in [0.5, 0.6) is 5.75 Å². The second-order valence-electron chi connectivity index (χ2n) is 4.27. The van der Waals surface area contributed by atoms with Crippen LogP contribution in [0.4, 0.5) is 0 Å². The number of benzene rings is 1. The maximum atomic E-state index is 11.9. The van der Waals surface area contributed by atoms with Crippen LogP contribution in [0.1, 0.15) is 23.2 Å². The minimum absolute atomic E-state index is 0.252. The fourth-order valence-electron chi connectivity index (χ4n) is 1.93. The first-order valence-corrected chi connectivity index (χ1v) is 7.43. The average Bonchev–Trinajstić information content (AvgIpc) is 2.93. The maximum absolute atomic E-state index is 11.9. The summed E-state index contributed by atoms with van der Waals surface area (Å²) in [5.74, 6) is -0.142. The van der Waals surface area contributed by atoms with Gasteiger partial charge in [0.2, 0.25) is 0 Å². The normalized spacial score (nSPS) is 16.3. The van der Waals surface area contributed by atoms with E-state index < -0.39 is 16.1 Å². The molecule has 2 rings (SSSR count). The SMILES string of the molecule is COc1cccc(C(=O)NS(=O)(=O)N2CCCC2)c1. The molecule has 0 atom stereocenters. The molecule has 0 aromatic heterocycles. The van der Waals surface area contributed by atoms with Crippen molar-refractivity contribution in [3.8, 4) is 5.75 Å². The van der Waals surface area contributed by atoms with E-state index in [4.69, 9.17) is 4.74 Å². The lowest BCUT2D eigenvalue weighted by molar-refractivity contribution is 0.0979. The Hall–Kier alpha value is -1.60. The van der Waals surface area contributed by atoms with Crippen LogP contribution < -0.4 is 9.46 Å². The summed E-state index contributed by atoms with van der Waals surface area (Å²) in [6.45, 7) is 0.918. The van der Waals surface area contributed by atoms with Crippen molar-refractivity contribution < 1.29 is 17.9 Å². The van der Waals surface area contributed by atoms with Crippen LogP contribution in [0.2, 0.25) is 0 Å². The van der Waals surface area contributed by atoms with Gasteiger partial charge in [-0.2, -0.15) is 12.7 Å². The summed E-state index contributed by atoms with van der Waals surface area (Å²) >= 11 is 0. The highest BCUT2D eigenvalue weighted by Gasteiger charge is 2.27. The number of rotatable bonds is 4. The fraction of sp³-hybridized carbons (Fsp3) is 0.417. The van der Waals surface area contributed by atoms with Crippen LogP contribution in [0, 0.1) is 0 Å². The third kappa shape index (κ3) is 3.24. The second-order valence-corrected chi connectivity index (χ2v) is 5.94. The number of nitrogens with zero attached hydrogens (tertiary/aromatic N) is 1. The summed E-state index contributed by atoms with van der Waals surface area (Å²) in [5.41, 5.74) is 0.252. The van der Waals surface area contributed by atoms with Crippen molar-refractivity contribution in [2.24, 2.45) is 0 Å². The van der Waals surface area contributed by atoms with Gasteiger partial charge >= 0.3 is 10.2 Å². The molecule has 1 amide bonds. The monoisotopic (exact) mass is 284 g/mol. The van der Waals surface area contributed by atoms with E-state index in [2.05, 4.69) is 4.72 Å². The molecule has 0 spiro atoms. The lowest BCUT2D eigenvalue weighted by atomic mass is 10.2. The molecule has 0 unspecified atom stereocenters. The van der Waals surface area contributed by atoms with Gasteiger partial charge in [-0.05, 0) is 31.0 Å². The summed E-state index contributed by atoms with van der Waals surface area (Å²) < 4.78 is 32.2. The molecule has 1 aromatic carbocycles. The van der Waals surface area contributed by atoms with Crippen LogP contribution in [0.15, 0.2) is 24.3 Å². The molecule has 1 fully saturated rings. The van der Waals surface area contributed by atoms with E-state index in [1.807, 2.05) is 0 Å². The zero-order valence-electron chi connectivity index (χ0n) is 10.6. The minimum atomic E-state index is -3.73. The van der Waals surface area contributed by atoms with Crippen molar-refractivity contribution in [3.63, 3.8) is 0 Å². The highest BCUT2D eigenvalue weighted by Crippen LogP contribution is 2.14. The number of carbonyl (C=O) groups is 1. The van der Waals surface area contributed by atoms with Gasteiger partial charge in [-0.3, -0.25) is 4.79 Å². The summed E-state index contributed by atoms with van der Waals surface area (Å²) in [6, 6.07) is 6.36. The number of carbonyl (C=O) groups excluding carboxylic acids is 1. The standard InChI is InChI=1S/C12H16N2O4S/c1-18-11-6-4-5-10(9-11)12(15)13-19(16,17)14-7-2-3-8-14/h4-6,9H,2-3,7-8H2,1H3,(H,13,15). The molecule has 0 radical (unpaired) electrons. The lowest BCUT2D eigenvalue weighted by Gasteiger charge is -2.15. The third-order valence-electron chi connectivity index (χ3n) is 2.96. The summed E-state index contributed by atoms with van der Waals surface area (Å²) in [5, 5.41) is 0. The Kier molecular flexibility index (Phi) is 4.06. The Morgan fingerprint density at radius 3 is 2.63 bits per heavy atom. The summed E-state index contributed by atoms with van der Waals surface area (Å²) in [7, 11) is -2.25. The molecule has 1 saturated heterocycles. The number of hydrogen-bond donors (Lipinski definition) is 1. The molecular weight excluding hydrogens is 268 g/mol. The lowest BCUT2D eigenvalue weighted by Crippen LogP contribution is -2.42. The molecule has 1 N–H and O–H groups in total. The van der Waals surface area contributed by atoms with Gasteiger partial charge in [-0.25, -0.2) is 4.72 Å². The Morgan fingerprint density at radius 1 is 1.32 bits per heavy atom. The second kappa shape index (κ2) is 5.58. The summed E-state index contributed by atoms with van der Waals surface area (Å²) in [6.07, 6.45) is 1.66. The van der Waals surface area contributed by atoms with Crippen LogP contribution in [0.25, 0.3) is 0 Å². The van der Waals surface area contributed by atoms with Crippen molar-refractivity contribution in [2.45, 2.75) is 12.8 Å². The number of ether oxygens (including phenoxy) is 1. The molecule has 0 aliphatic carbocycles. The van der Waals surface area contributed by atoms with Crippen LogP contribution in [-0.2, 0) is 10.2 Å². The van der Waals surface area contributed by atoms with Crippen molar-refractivity contribution >= 4 is 16.1 Å². The van der Waals surface area contributed by atoms with Gasteiger partial charge in [0.15, 0.2) is 0 Å². The van der Waals surface area contributed by atoms with Gasteiger partial charge in [-0.15, -0.1) is 0 Å². The maximum Gasteiger partial charge on any atom is 0.304 e. The van der Waals surface area contributed by atoms with Crippen molar-refractivity contribution in [1.29, 1.82) is 0 Å². The first kappa shape index (κ1) is 13.8. The van der Waals surface area contributed by atoms with E-state index in [0.29, 0.717) is 18.8 Å². The van der Waals surface area contributed by atoms with Crippen LogP contribution >= 0.6 is 0 Å². The van der Waals surface area contributed by atoms with Crippen molar-refractivity contribution in [3.05, 3.63) is 29.8 Å². The topological polar surface area (TPSA) is 75.7 Å². The van der Waals surface area contributed by atoms with E-state index in [-0.39, 0.29) is 5.56 Å². The molecule has 104 valence electrons. The Balaban J connectivity index is 2.11. The van der Waals surface area contributed by atoms with Gasteiger partial charge in [0.1, 0.15) is 5.75 Å². The molecule has 1 heterocycles. The average molecular weight is 284 g/mol. The fourth-order valence-corrected chi connectivity index (χ4v) is 3.15. The molecule has 7 heteroatoms. The molecule has 1 aromatic rings. The first-order chi connectivity index (χ1) is 9.03. The molecule has 1 aliphatic heterocycles. The molecule has 6 nitrogen and oxygen atoms in total. The molecular formula is C12H16N2O4S. The quantitative estimate of drug-likeness (QED) is 0.886. The van der Waals surface area contributed by atoms with Crippen molar-refractivity contribution in [1.82, 2.24) is 9.03 Å². The number of hydrogen-bond acceptors (Lipinski definition) is 4. The van der Waals surface area contributed by atoms with E-state index in [1.165, 1.54) is 23.5 Å². The smallest absolute Gasteiger partial charge is 0.304 e. The Labute approximate surface area is 112 Å². The predicted octanol–water partition coefficient (Wildman–Crippen LogP) is 0.766. The molecule has 0 saturated carbocycles. The number of amides is 1. The van der Waals surface area contributed by atoms with Gasteiger partial charge in [0.05, 0.1) is 7.11 Å². The Bertz CT molecular complexity index is 565. The van der Waals surface area contributed by atoms with Gasteiger partial charge < -0.3 is 4.74 Å². The molecule has 0 bridgehead atoms. The van der Waals surface area contributed by atoms with Gasteiger partial charge in [-0.1, -0.05) is 6.07 Å². The summed E-state index contributed by atoms with van der Waals surface area (Å²) in [4.78, 5) is 11.9. The van der Waals surface area contributed by atoms with Crippen LogP contribution in [0.3, 0.4) is 0 Å². The van der Waals surface area contributed by atoms with E-state index in [9.17, 15) is 13.2 Å².